The maximum atomic E-state index is 11.5. The highest BCUT2D eigenvalue weighted by Gasteiger charge is 2.13. The van der Waals surface area contributed by atoms with E-state index in [2.05, 4.69) is 0 Å². The summed E-state index contributed by atoms with van der Waals surface area (Å²) in [6.45, 7) is 2.03. The average Bonchev–Trinajstić information content (AvgIpc) is 2.71. The molecule has 0 amide bonds. The van der Waals surface area contributed by atoms with Crippen LogP contribution in [-0.4, -0.2) is 18.4 Å². The first-order valence-corrected chi connectivity index (χ1v) is 5.17. The smallest absolute Gasteiger partial charge is 0.374 e. The molecule has 0 fully saturated rings. The fourth-order valence-corrected chi connectivity index (χ4v) is 1.50. The van der Waals surface area contributed by atoms with Gasteiger partial charge in [-0.1, -0.05) is 12.1 Å². The summed E-state index contributed by atoms with van der Waals surface area (Å²) < 4.78 is 10.2. The summed E-state index contributed by atoms with van der Waals surface area (Å²) in [5.74, 6) is -0.378. The molecule has 1 aromatic carbocycles. The number of carbonyl (C=O) groups is 1. The molecule has 1 heterocycles. The molecule has 0 bridgehead atoms. The quantitative estimate of drug-likeness (QED) is 0.480. The molecule has 17 heavy (non-hydrogen) atoms. The molecule has 0 aliphatic heterocycles. The van der Waals surface area contributed by atoms with Gasteiger partial charge in [0.2, 0.25) is 5.76 Å². The monoisotopic (exact) mass is 232 g/mol. The van der Waals surface area contributed by atoms with Gasteiger partial charge in [-0.25, -0.2) is 4.79 Å². The zero-order valence-corrected chi connectivity index (χ0v) is 9.32. The molecule has 88 valence electrons. The lowest BCUT2D eigenvalue weighted by atomic mass is 10.1. The first-order valence-electron chi connectivity index (χ1n) is 5.17. The maximum Gasteiger partial charge on any atom is 0.374 e. The summed E-state index contributed by atoms with van der Waals surface area (Å²) in [6.07, 6.45) is 0. The molecule has 0 atom stereocenters. The van der Waals surface area contributed by atoms with Crippen LogP contribution in [0.3, 0.4) is 0 Å². The van der Waals surface area contributed by atoms with E-state index in [4.69, 9.17) is 20.3 Å². The van der Waals surface area contributed by atoms with E-state index in [1.165, 1.54) is 0 Å². The average molecular weight is 232 g/mol. The molecule has 2 rings (SSSR count). The van der Waals surface area contributed by atoms with E-state index < -0.39 is 5.97 Å². The number of benzene rings is 1. The van der Waals surface area contributed by atoms with Crippen LogP contribution in [0.4, 0.5) is 0 Å². The van der Waals surface area contributed by atoms with Crippen LogP contribution in [0.15, 0.2) is 28.7 Å². The van der Waals surface area contributed by atoms with Crippen LogP contribution in [0, 0.1) is 5.41 Å². The largest absolute Gasteiger partial charge is 0.460 e. The molecular weight excluding hydrogens is 220 g/mol. The van der Waals surface area contributed by atoms with Gasteiger partial charge in [-0.15, -0.1) is 0 Å². The van der Waals surface area contributed by atoms with Crippen LogP contribution in [0.2, 0.25) is 0 Å². The third kappa shape index (κ3) is 2.13. The molecule has 0 aliphatic rings. The number of rotatable bonds is 3. The van der Waals surface area contributed by atoms with Gasteiger partial charge in [0.05, 0.1) is 6.61 Å². The van der Waals surface area contributed by atoms with Crippen molar-refractivity contribution >= 4 is 22.8 Å². The van der Waals surface area contributed by atoms with E-state index in [1.54, 1.807) is 31.2 Å². The molecule has 0 saturated carbocycles. The third-order valence-electron chi connectivity index (χ3n) is 2.31. The normalized spacial score (nSPS) is 10.4. The van der Waals surface area contributed by atoms with Crippen molar-refractivity contribution in [1.29, 1.82) is 5.41 Å². The van der Waals surface area contributed by atoms with E-state index in [9.17, 15) is 4.79 Å². The second kappa shape index (κ2) is 4.29. The first kappa shape index (κ1) is 11.2. The fraction of sp³-hybridized carbons (Fsp3) is 0.167. The summed E-state index contributed by atoms with van der Waals surface area (Å²) in [4.78, 5) is 11.5. The molecule has 1 aromatic heterocycles. The zero-order valence-electron chi connectivity index (χ0n) is 9.32. The van der Waals surface area contributed by atoms with Gasteiger partial charge < -0.3 is 14.9 Å². The number of esters is 1. The number of furan rings is 1. The van der Waals surface area contributed by atoms with Crippen molar-refractivity contribution in [3.8, 4) is 0 Å². The number of carbonyl (C=O) groups excluding carboxylic acids is 1. The summed E-state index contributed by atoms with van der Waals surface area (Å²) >= 11 is 0. The lowest BCUT2D eigenvalue weighted by Crippen LogP contribution is -2.10. The third-order valence-corrected chi connectivity index (χ3v) is 2.31. The molecule has 5 heteroatoms. The van der Waals surface area contributed by atoms with Gasteiger partial charge in [-0.3, -0.25) is 5.41 Å². The summed E-state index contributed by atoms with van der Waals surface area (Å²) in [5, 5.41) is 8.09. The van der Waals surface area contributed by atoms with Crippen LogP contribution in [-0.2, 0) is 4.74 Å². The predicted octanol–water partition coefficient (Wildman–Crippen LogP) is 1.89. The van der Waals surface area contributed by atoms with Gasteiger partial charge in [0.25, 0.3) is 0 Å². The van der Waals surface area contributed by atoms with E-state index in [1.807, 2.05) is 0 Å². The van der Waals surface area contributed by atoms with Gasteiger partial charge in [-0.2, -0.15) is 0 Å². The number of nitrogens with one attached hydrogen (secondary N) is 1. The molecule has 0 spiro atoms. The van der Waals surface area contributed by atoms with Crippen LogP contribution < -0.4 is 5.73 Å². The SMILES string of the molecule is CCOC(=O)c1cc2ccc(C(=N)N)cc2o1. The van der Waals surface area contributed by atoms with E-state index in [-0.39, 0.29) is 11.6 Å². The van der Waals surface area contributed by atoms with Crippen LogP contribution in [0.5, 0.6) is 0 Å². The predicted molar refractivity (Wildman–Crippen MR) is 63.2 cm³/mol. The van der Waals surface area contributed by atoms with Crippen molar-refractivity contribution in [2.75, 3.05) is 6.61 Å². The van der Waals surface area contributed by atoms with Crippen LogP contribution in [0.1, 0.15) is 23.0 Å². The summed E-state index contributed by atoms with van der Waals surface area (Å²) in [6, 6.07) is 6.69. The molecule has 0 radical (unpaired) electrons. The van der Waals surface area contributed by atoms with Gasteiger partial charge in [0, 0.05) is 10.9 Å². The van der Waals surface area contributed by atoms with Gasteiger partial charge >= 0.3 is 5.97 Å². The van der Waals surface area contributed by atoms with Gasteiger partial charge in [0.15, 0.2) is 0 Å². The molecule has 5 nitrogen and oxygen atoms in total. The van der Waals surface area contributed by atoms with Crippen molar-refractivity contribution in [1.82, 2.24) is 0 Å². The lowest BCUT2D eigenvalue weighted by molar-refractivity contribution is 0.0492. The molecule has 0 unspecified atom stereocenters. The van der Waals surface area contributed by atoms with Crippen molar-refractivity contribution in [3.05, 3.63) is 35.6 Å². The fourth-order valence-electron chi connectivity index (χ4n) is 1.50. The van der Waals surface area contributed by atoms with Crippen molar-refractivity contribution in [3.63, 3.8) is 0 Å². The summed E-state index contributed by atoms with van der Waals surface area (Å²) in [7, 11) is 0. The first-order chi connectivity index (χ1) is 8.11. The Morgan fingerprint density at radius 1 is 1.47 bits per heavy atom. The van der Waals surface area contributed by atoms with Crippen molar-refractivity contribution < 1.29 is 13.9 Å². The van der Waals surface area contributed by atoms with E-state index in [0.717, 1.165) is 5.39 Å². The standard InChI is InChI=1S/C12H12N2O3/c1-2-16-12(15)10-5-7-3-4-8(11(13)14)6-9(7)17-10/h3-6H,2H2,1H3,(H3,13,14). The van der Waals surface area contributed by atoms with Crippen LogP contribution in [0.25, 0.3) is 11.0 Å². The molecular formula is C12H12N2O3. The Hall–Kier alpha value is -2.30. The Morgan fingerprint density at radius 3 is 2.88 bits per heavy atom. The minimum Gasteiger partial charge on any atom is -0.460 e. The highest BCUT2D eigenvalue weighted by Crippen LogP contribution is 2.21. The number of amidine groups is 1. The molecule has 2 aromatic rings. The topological polar surface area (TPSA) is 89.3 Å². The van der Waals surface area contributed by atoms with Crippen LogP contribution >= 0.6 is 0 Å². The number of ether oxygens (including phenoxy) is 1. The molecule has 0 saturated heterocycles. The maximum absolute atomic E-state index is 11.5. The molecule has 0 aliphatic carbocycles. The Balaban J connectivity index is 2.43. The van der Waals surface area contributed by atoms with Gasteiger partial charge in [-0.05, 0) is 19.1 Å². The highest BCUT2D eigenvalue weighted by atomic mass is 16.5. The molecule has 3 N–H and O–H groups in total. The second-order valence-corrected chi connectivity index (χ2v) is 3.50. The van der Waals surface area contributed by atoms with Crippen molar-refractivity contribution in [2.45, 2.75) is 6.92 Å². The Labute approximate surface area is 97.7 Å². The Morgan fingerprint density at radius 2 is 2.24 bits per heavy atom. The Kier molecular flexibility index (Phi) is 2.82. The lowest BCUT2D eigenvalue weighted by Gasteiger charge is -1.96. The zero-order chi connectivity index (χ0) is 12.4. The number of fused-ring (bicyclic) bond motifs is 1. The number of nitrogens with two attached hydrogens (primary N) is 1. The minimum absolute atomic E-state index is 0.0408. The van der Waals surface area contributed by atoms with Crippen molar-refractivity contribution in [2.24, 2.45) is 5.73 Å². The minimum atomic E-state index is -0.493. The Bertz CT molecular complexity index is 586. The number of nitrogen functional groups attached to an aromatic ring is 1. The summed E-state index contributed by atoms with van der Waals surface area (Å²) in [5.41, 5.74) is 6.44. The van der Waals surface area contributed by atoms with E-state index >= 15 is 0 Å². The number of hydrogen-bond acceptors (Lipinski definition) is 4. The number of hydrogen-bond donors (Lipinski definition) is 2. The van der Waals surface area contributed by atoms with Gasteiger partial charge in [0.1, 0.15) is 11.4 Å². The second-order valence-electron chi connectivity index (χ2n) is 3.50. The van der Waals surface area contributed by atoms with E-state index in [0.29, 0.717) is 17.8 Å². The highest BCUT2D eigenvalue weighted by molar-refractivity contribution is 5.99.